The lowest BCUT2D eigenvalue weighted by atomic mass is 10.5. The van der Waals surface area contributed by atoms with E-state index < -0.39 is 0 Å². The van der Waals surface area contributed by atoms with Gasteiger partial charge < -0.3 is 4.74 Å². The highest BCUT2D eigenvalue weighted by Gasteiger charge is 1.85. The number of ether oxygens (including phenoxy) is 1. The average molecular weight is 112 g/mol. The van der Waals surface area contributed by atoms with E-state index in [0.717, 1.165) is 6.08 Å². The van der Waals surface area contributed by atoms with Crippen molar-refractivity contribution in [3.8, 4) is 0 Å². The summed E-state index contributed by atoms with van der Waals surface area (Å²) in [7, 11) is 0. The van der Waals surface area contributed by atoms with E-state index in [2.05, 4.69) is 11.3 Å². The van der Waals surface area contributed by atoms with Crippen molar-refractivity contribution >= 4 is 12.4 Å². The molecule has 0 heterocycles. The lowest BCUT2D eigenvalue weighted by Gasteiger charge is -1.85. The Bertz CT molecular complexity index is 142. The predicted octanol–water partition coefficient (Wildman–Crippen LogP) is 0.0609. The summed E-state index contributed by atoms with van der Waals surface area (Å²) in [5, 5.41) is 0. The highest BCUT2D eigenvalue weighted by Crippen LogP contribution is 1.86. The Labute approximate surface area is 46.3 Å². The van der Waals surface area contributed by atoms with E-state index in [1.807, 2.05) is 0 Å². The van der Waals surface area contributed by atoms with Crippen LogP contribution in [0.1, 0.15) is 0 Å². The predicted molar refractivity (Wildman–Crippen MR) is 26.6 cm³/mol. The fourth-order valence-corrected chi connectivity index (χ4v) is 0.166. The van der Waals surface area contributed by atoms with Crippen molar-refractivity contribution in [1.29, 1.82) is 0 Å². The molecule has 0 unspecified atom stereocenters. The van der Waals surface area contributed by atoms with Gasteiger partial charge in [0.15, 0.2) is 5.94 Å². The number of hydrogen-bond acceptors (Lipinski definition) is 3. The maximum absolute atomic E-state index is 9.61. The zero-order valence-electron chi connectivity index (χ0n) is 4.09. The fourth-order valence-electron chi connectivity index (χ4n) is 0.166. The summed E-state index contributed by atoms with van der Waals surface area (Å²) in [5.74, 6) is 1.15. The molecule has 0 aliphatic rings. The van der Waals surface area contributed by atoms with Crippen LogP contribution in [0.15, 0.2) is 18.4 Å². The summed E-state index contributed by atoms with van der Waals surface area (Å²) in [5.41, 5.74) is 0. The molecule has 0 aliphatic carbocycles. The van der Waals surface area contributed by atoms with Gasteiger partial charge in [0, 0.05) is 0 Å². The number of carbonyl (C=O) groups excluding carboxylic acids is 2. The molecule has 0 saturated heterocycles. The van der Waals surface area contributed by atoms with Gasteiger partial charge in [-0.15, -0.1) is 0 Å². The van der Waals surface area contributed by atoms with Gasteiger partial charge in [-0.3, -0.25) is 4.79 Å². The maximum Gasteiger partial charge on any atom is 0.299 e. The molecule has 42 valence electrons. The third-order valence-corrected chi connectivity index (χ3v) is 0.461. The molecule has 0 fully saturated rings. The second-order valence-electron chi connectivity index (χ2n) is 0.885. The molecule has 0 saturated carbocycles. The van der Waals surface area contributed by atoms with Crippen LogP contribution in [0.25, 0.3) is 0 Å². The molecule has 0 amide bonds. The molecule has 0 bridgehead atoms. The van der Waals surface area contributed by atoms with E-state index in [9.17, 15) is 9.59 Å². The lowest BCUT2D eigenvalue weighted by molar-refractivity contribution is -0.124. The van der Waals surface area contributed by atoms with Crippen molar-refractivity contribution in [2.24, 2.45) is 0 Å². The van der Waals surface area contributed by atoms with Crippen molar-refractivity contribution in [2.45, 2.75) is 0 Å². The van der Waals surface area contributed by atoms with Crippen LogP contribution in [0, 0.1) is 0 Å². The molecule has 0 atom stereocenters. The van der Waals surface area contributed by atoms with E-state index >= 15 is 0 Å². The largest absolute Gasteiger partial charge is 0.417 e. The minimum absolute atomic E-state index is 0.141. The van der Waals surface area contributed by atoms with Crippen LogP contribution < -0.4 is 0 Å². The summed E-state index contributed by atoms with van der Waals surface area (Å²) >= 11 is 0. The molecule has 0 aliphatic heterocycles. The zero-order chi connectivity index (χ0) is 6.41. The summed E-state index contributed by atoms with van der Waals surface area (Å²) in [6.07, 6.45) is 1.10. The molecule has 0 aromatic rings. The van der Waals surface area contributed by atoms with Crippen molar-refractivity contribution in [3.63, 3.8) is 0 Å². The van der Waals surface area contributed by atoms with Crippen LogP contribution in [0.3, 0.4) is 0 Å². The third-order valence-electron chi connectivity index (χ3n) is 0.461. The fraction of sp³-hybridized carbons (Fsp3) is 0. The van der Waals surface area contributed by atoms with Gasteiger partial charge in [0.1, 0.15) is 0 Å². The summed E-state index contributed by atoms with van der Waals surface area (Å²) in [6, 6.07) is 0. The highest BCUT2D eigenvalue weighted by molar-refractivity contribution is 5.57. The molecule has 0 N–H and O–H groups in total. The average Bonchev–Trinajstić information content (AvgIpc) is 1.83. The molecule has 0 rings (SSSR count). The van der Waals surface area contributed by atoms with Gasteiger partial charge in [0.2, 0.25) is 5.76 Å². The van der Waals surface area contributed by atoms with Crippen molar-refractivity contribution in [1.82, 2.24) is 0 Å². The minimum Gasteiger partial charge on any atom is -0.417 e. The summed E-state index contributed by atoms with van der Waals surface area (Å²) < 4.78 is 4.03. The Morgan fingerprint density at radius 3 is 2.50 bits per heavy atom. The van der Waals surface area contributed by atoms with Gasteiger partial charge in [-0.05, 0) is 6.08 Å². The SMILES string of the molecule is C=CC(=C=O)OC=O. The van der Waals surface area contributed by atoms with Gasteiger partial charge in [-0.25, -0.2) is 4.79 Å². The number of carbonyl (C=O) groups is 1. The van der Waals surface area contributed by atoms with Gasteiger partial charge in [-0.2, -0.15) is 0 Å². The molecular weight excluding hydrogens is 108 g/mol. The van der Waals surface area contributed by atoms with Gasteiger partial charge in [0.25, 0.3) is 6.47 Å². The van der Waals surface area contributed by atoms with E-state index in [0.29, 0.717) is 0 Å². The van der Waals surface area contributed by atoms with Crippen LogP contribution in [-0.2, 0) is 14.3 Å². The number of allylic oxidation sites excluding steroid dienone is 1. The van der Waals surface area contributed by atoms with E-state index in [1.54, 1.807) is 0 Å². The summed E-state index contributed by atoms with van der Waals surface area (Å²) in [4.78, 5) is 19.1. The van der Waals surface area contributed by atoms with Gasteiger partial charge in [0.05, 0.1) is 0 Å². The second kappa shape index (κ2) is 3.84. The molecular formula is C5H4O3. The molecule has 0 spiro atoms. The van der Waals surface area contributed by atoms with E-state index in [1.165, 1.54) is 5.94 Å². The molecule has 3 heteroatoms. The van der Waals surface area contributed by atoms with Crippen molar-refractivity contribution < 1.29 is 14.3 Å². The Balaban J connectivity index is 3.91. The maximum atomic E-state index is 9.61. The van der Waals surface area contributed by atoms with E-state index in [4.69, 9.17) is 0 Å². The normalized spacial score (nSPS) is 6.50. The van der Waals surface area contributed by atoms with Crippen LogP contribution in [0.2, 0.25) is 0 Å². The first-order valence-electron chi connectivity index (χ1n) is 1.83. The van der Waals surface area contributed by atoms with Crippen LogP contribution in [-0.4, -0.2) is 12.4 Å². The Kier molecular flexibility index (Phi) is 3.19. The third kappa shape index (κ3) is 1.95. The lowest BCUT2D eigenvalue weighted by Crippen LogP contribution is -1.84. The minimum atomic E-state index is -0.194. The van der Waals surface area contributed by atoms with Crippen molar-refractivity contribution in [3.05, 3.63) is 18.4 Å². The number of rotatable bonds is 3. The van der Waals surface area contributed by atoms with Gasteiger partial charge in [-0.1, -0.05) is 6.58 Å². The quantitative estimate of drug-likeness (QED) is 0.224. The van der Waals surface area contributed by atoms with Crippen LogP contribution >= 0.6 is 0 Å². The zero-order valence-corrected chi connectivity index (χ0v) is 4.09. The molecule has 0 radical (unpaired) electrons. The Morgan fingerprint density at radius 1 is 1.75 bits per heavy atom. The highest BCUT2D eigenvalue weighted by atomic mass is 16.5. The number of hydrogen-bond donors (Lipinski definition) is 0. The molecule has 8 heavy (non-hydrogen) atoms. The summed E-state index contributed by atoms with van der Waals surface area (Å²) in [6.45, 7) is 3.31. The Hall–Kier alpha value is -1.34. The topological polar surface area (TPSA) is 43.4 Å². The van der Waals surface area contributed by atoms with Crippen LogP contribution in [0.4, 0.5) is 0 Å². The molecule has 0 aromatic carbocycles. The van der Waals surface area contributed by atoms with Crippen molar-refractivity contribution in [2.75, 3.05) is 0 Å². The van der Waals surface area contributed by atoms with Crippen LogP contribution in [0.5, 0.6) is 0 Å². The first-order chi connectivity index (χ1) is 3.85. The monoisotopic (exact) mass is 112 g/mol. The first-order valence-corrected chi connectivity index (χ1v) is 1.83. The first kappa shape index (κ1) is 6.66. The van der Waals surface area contributed by atoms with Gasteiger partial charge >= 0.3 is 0 Å². The molecule has 3 nitrogen and oxygen atoms in total. The Morgan fingerprint density at radius 2 is 2.38 bits per heavy atom. The van der Waals surface area contributed by atoms with E-state index in [-0.39, 0.29) is 12.2 Å². The smallest absolute Gasteiger partial charge is 0.299 e. The molecule has 0 aromatic heterocycles. The second-order valence-corrected chi connectivity index (χ2v) is 0.885. The standard InChI is InChI=1S/C5H4O3/c1-2-5(3-6)8-4-7/h2,4H,1H2.